The van der Waals surface area contributed by atoms with Gasteiger partial charge in [0.2, 0.25) is 0 Å². The summed E-state index contributed by atoms with van der Waals surface area (Å²) in [5.74, 6) is 1.51. The maximum Gasteiger partial charge on any atom is 0.136 e. The smallest absolute Gasteiger partial charge is 0.136 e. The van der Waals surface area contributed by atoms with Gasteiger partial charge in [-0.2, -0.15) is 0 Å². The van der Waals surface area contributed by atoms with Gasteiger partial charge in [0.1, 0.15) is 11.5 Å². The Bertz CT molecular complexity index is 620. The first-order valence-corrected chi connectivity index (χ1v) is 6.49. The third-order valence-electron chi connectivity index (χ3n) is 2.47. The van der Waals surface area contributed by atoms with Crippen LogP contribution < -0.4 is 4.74 Å². The lowest BCUT2D eigenvalue weighted by Crippen LogP contribution is -1.85. The van der Waals surface area contributed by atoms with Crippen molar-refractivity contribution in [3.63, 3.8) is 0 Å². The zero-order chi connectivity index (χ0) is 12.2. The average Bonchev–Trinajstić information content (AvgIpc) is 2.94. The maximum absolute atomic E-state index is 5.74. The molecule has 1 aromatic heterocycles. The van der Waals surface area contributed by atoms with Crippen molar-refractivity contribution in [1.29, 1.82) is 0 Å². The van der Waals surface area contributed by atoms with E-state index in [2.05, 4.69) is 11.1 Å². The second kappa shape index (κ2) is 5.02. The van der Waals surface area contributed by atoms with E-state index < -0.39 is 0 Å². The Kier molecular flexibility index (Phi) is 3.07. The minimum absolute atomic E-state index is 0.701. The molecule has 18 heavy (non-hydrogen) atoms. The van der Waals surface area contributed by atoms with Crippen LogP contribution >= 0.6 is 11.3 Å². The molecule has 2 nitrogen and oxygen atoms in total. The number of rotatable bonds is 3. The van der Waals surface area contributed by atoms with Crippen LogP contribution in [0.1, 0.15) is 0 Å². The van der Waals surface area contributed by atoms with E-state index in [1.807, 2.05) is 59.4 Å². The molecule has 0 saturated heterocycles. The summed E-state index contributed by atoms with van der Waals surface area (Å²) >= 11 is 1.58. The summed E-state index contributed by atoms with van der Waals surface area (Å²) in [6, 6.07) is 18.5. The zero-order valence-corrected chi connectivity index (χ0v) is 10.4. The minimum atomic E-state index is 0.701. The van der Waals surface area contributed by atoms with Gasteiger partial charge in [0.15, 0.2) is 0 Å². The molecule has 3 aromatic rings. The molecule has 3 heteroatoms. The summed E-state index contributed by atoms with van der Waals surface area (Å²) in [6.45, 7) is 0. The number of aromatic nitrogens is 1. The van der Waals surface area contributed by atoms with Gasteiger partial charge < -0.3 is 4.74 Å². The molecule has 0 atom stereocenters. The summed E-state index contributed by atoms with van der Waals surface area (Å²) in [6.07, 6.45) is 0. The number of ether oxygens (including phenoxy) is 1. The highest BCUT2D eigenvalue weighted by Gasteiger charge is 2.02. The number of hydrogen-bond donors (Lipinski definition) is 0. The van der Waals surface area contributed by atoms with Gasteiger partial charge >= 0.3 is 0 Å². The highest BCUT2D eigenvalue weighted by molar-refractivity contribution is 7.07. The first kappa shape index (κ1) is 11.0. The molecular weight excluding hydrogens is 242 g/mol. The van der Waals surface area contributed by atoms with Crippen molar-refractivity contribution < 1.29 is 4.74 Å². The summed E-state index contributed by atoms with van der Waals surface area (Å²) in [5, 5.41) is 2.02. The Hall–Kier alpha value is -2.13. The normalized spacial score (nSPS) is 10.2. The Labute approximate surface area is 110 Å². The third kappa shape index (κ3) is 2.41. The van der Waals surface area contributed by atoms with Crippen molar-refractivity contribution in [1.82, 2.24) is 4.98 Å². The fourth-order valence-corrected chi connectivity index (χ4v) is 2.19. The summed E-state index contributed by atoms with van der Waals surface area (Å²) < 4.78 is 5.74. The van der Waals surface area contributed by atoms with Gasteiger partial charge in [-0.15, -0.1) is 11.3 Å². The van der Waals surface area contributed by atoms with Crippen LogP contribution in [0.3, 0.4) is 0 Å². The molecule has 0 bridgehead atoms. The Morgan fingerprint density at radius 1 is 1.11 bits per heavy atom. The quantitative estimate of drug-likeness (QED) is 0.689. The fraction of sp³-hybridized carbons (Fsp3) is 0. The molecule has 0 aliphatic heterocycles. The SMILES string of the molecule is [c]1ccc(-c2cscn2)cc1Oc1ccccc1. The van der Waals surface area contributed by atoms with E-state index in [1.54, 1.807) is 11.3 Å². The molecule has 0 spiro atoms. The van der Waals surface area contributed by atoms with Gasteiger partial charge in [-0.1, -0.05) is 24.3 Å². The van der Waals surface area contributed by atoms with Gasteiger partial charge in [0, 0.05) is 17.0 Å². The average molecular weight is 252 g/mol. The minimum Gasteiger partial charge on any atom is -0.457 e. The van der Waals surface area contributed by atoms with E-state index in [1.165, 1.54) is 0 Å². The van der Waals surface area contributed by atoms with Crippen molar-refractivity contribution in [2.75, 3.05) is 0 Å². The van der Waals surface area contributed by atoms with E-state index in [9.17, 15) is 0 Å². The second-order valence-electron chi connectivity index (χ2n) is 3.73. The van der Waals surface area contributed by atoms with E-state index in [4.69, 9.17) is 4.74 Å². The van der Waals surface area contributed by atoms with Crippen molar-refractivity contribution in [2.45, 2.75) is 0 Å². The van der Waals surface area contributed by atoms with E-state index in [-0.39, 0.29) is 0 Å². The molecule has 3 rings (SSSR count). The van der Waals surface area contributed by atoms with Crippen LogP contribution in [0.2, 0.25) is 0 Å². The molecule has 0 saturated carbocycles. The molecule has 1 radical (unpaired) electrons. The number of benzene rings is 2. The summed E-state index contributed by atoms with van der Waals surface area (Å²) in [7, 11) is 0. The van der Waals surface area contributed by atoms with Gasteiger partial charge in [0.05, 0.1) is 11.2 Å². The monoisotopic (exact) mass is 252 g/mol. The highest BCUT2D eigenvalue weighted by Crippen LogP contribution is 2.26. The molecule has 87 valence electrons. The number of thiazole rings is 1. The second-order valence-corrected chi connectivity index (χ2v) is 4.45. The maximum atomic E-state index is 5.74. The van der Waals surface area contributed by atoms with Crippen LogP contribution in [-0.4, -0.2) is 4.98 Å². The number of nitrogens with zero attached hydrogens (tertiary/aromatic N) is 1. The largest absolute Gasteiger partial charge is 0.457 e. The third-order valence-corrected chi connectivity index (χ3v) is 3.06. The molecule has 0 aliphatic rings. The molecule has 2 aromatic carbocycles. The van der Waals surface area contributed by atoms with E-state index in [0.717, 1.165) is 17.0 Å². The van der Waals surface area contributed by atoms with Crippen molar-refractivity contribution in [2.24, 2.45) is 0 Å². The topological polar surface area (TPSA) is 22.1 Å². The van der Waals surface area contributed by atoms with Gasteiger partial charge in [0.25, 0.3) is 0 Å². The Balaban J connectivity index is 1.88. The lowest BCUT2D eigenvalue weighted by Gasteiger charge is -2.06. The molecule has 0 unspecified atom stereocenters. The van der Waals surface area contributed by atoms with E-state index >= 15 is 0 Å². The molecule has 0 aliphatic carbocycles. The Morgan fingerprint density at radius 2 is 2.00 bits per heavy atom. The van der Waals surface area contributed by atoms with Crippen LogP contribution in [-0.2, 0) is 0 Å². The molecular formula is C15H10NOS. The molecule has 0 N–H and O–H groups in total. The highest BCUT2D eigenvalue weighted by atomic mass is 32.1. The van der Waals surface area contributed by atoms with Crippen LogP contribution in [0.25, 0.3) is 11.3 Å². The molecule has 1 heterocycles. The van der Waals surface area contributed by atoms with Crippen molar-refractivity contribution >= 4 is 11.3 Å². The van der Waals surface area contributed by atoms with Crippen LogP contribution in [0.15, 0.2) is 59.4 Å². The first-order valence-electron chi connectivity index (χ1n) is 5.55. The van der Waals surface area contributed by atoms with Crippen molar-refractivity contribution in [3.8, 4) is 22.8 Å². The first-order chi connectivity index (χ1) is 8.92. The number of para-hydroxylation sites is 1. The Morgan fingerprint density at radius 3 is 2.78 bits per heavy atom. The fourth-order valence-electron chi connectivity index (χ4n) is 1.63. The van der Waals surface area contributed by atoms with Gasteiger partial charge in [-0.05, 0) is 24.3 Å². The lowest BCUT2D eigenvalue weighted by molar-refractivity contribution is 0.482. The van der Waals surface area contributed by atoms with Crippen LogP contribution in [0.4, 0.5) is 0 Å². The summed E-state index contributed by atoms with van der Waals surface area (Å²) in [5.41, 5.74) is 3.83. The number of hydrogen-bond acceptors (Lipinski definition) is 3. The standard InChI is InChI=1S/C15H10NOS/c1-2-6-13(7-3-1)17-14-8-4-5-12(9-14)15-10-18-11-16-15/h1-7,9-11H. The molecule has 0 amide bonds. The predicted molar refractivity (Wildman–Crippen MR) is 72.9 cm³/mol. The van der Waals surface area contributed by atoms with Gasteiger partial charge in [-0.25, -0.2) is 4.98 Å². The summed E-state index contributed by atoms with van der Waals surface area (Å²) in [4.78, 5) is 4.28. The van der Waals surface area contributed by atoms with Crippen LogP contribution in [0, 0.1) is 6.07 Å². The van der Waals surface area contributed by atoms with E-state index in [0.29, 0.717) is 5.75 Å². The zero-order valence-electron chi connectivity index (χ0n) is 9.54. The van der Waals surface area contributed by atoms with Crippen LogP contribution in [0.5, 0.6) is 11.5 Å². The molecule has 0 fully saturated rings. The van der Waals surface area contributed by atoms with Gasteiger partial charge in [-0.3, -0.25) is 0 Å². The van der Waals surface area contributed by atoms with Crippen molar-refractivity contribution in [3.05, 3.63) is 65.5 Å². The lowest BCUT2D eigenvalue weighted by atomic mass is 10.2. The predicted octanol–water partition coefficient (Wildman–Crippen LogP) is 4.40.